The van der Waals surface area contributed by atoms with E-state index in [4.69, 9.17) is 14.2 Å². The zero-order valence-electron chi connectivity index (χ0n) is 13.7. The summed E-state index contributed by atoms with van der Waals surface area (Å²) in [6.07, 6.45) is 0. The molecule has 0 N–H and O–H groups in total. The van der Waals surface area contributed by atoms with Crippen molar-refractivity contribution in [2.45, 2.75) is 6.92 Å². The van der Waals surface area contributed by atoms with E-state index >= 15 is 0 Å². The monoisotopic (exact) mass is 324 g/mol. The molecule has 0 radical (unpaired) electrons. The van der Waals surface area contributed by atoms with Crippen LogP contribution in [0.5, 0.6) is 5.88 Å². The van der Waals surface area contributed by atoms with Gasteiger partial charge < -0.3 is 24.0 Å². The lowest BCUT2D eigenvalue weighted by Crippen LogP contribution is -2.50. The number of nitrogens with zero attached hydrogens (tertiary/aromatic N) is 4. The molecule has 2 heterocycles. The summed E-state index contributed by atoms with van der Waals surface area (Å²) in [4.78, 5) is 15.8. The minimum Gasteiger partial charge on any atom is -0.474 e. The largest absolute Gasteiger partial charge is 0.474 e. The van der Waals surface area contributed by atoms with Crippen molar-refractivity contribution in [3.8, 4) is 5.88 Å². The molecule has 23 heavy (non-hydrogen) atoms. The van der Waals surface area contributed by atoms with Crippen LogP contribution in [0.2, 0.25) is 0 Å². The van der Waals surface area contributed by atoms with Gasteiger partial charge in [-0.1, -0.05) is 0 Å². The molecule has 0 aliphatic carbocycles. The van der Waals surface area contributed by atoms with E-state index in [0.29, 0.717) is 38.8 Å². The van der Waals surface area contributed by atoms with Crippen molar-refractivity contribution in [1.29, 1.82) is 0 Å². The Morgan fingerprint density at radius 1 is 1.17 bits per heavy atom. The Morgan fingerprint density at radius 3 is 2.57 bits per heavy atom. The zero-order chi connectivity index (χ0) is 16.5. The Kier molecular flexibility index (Phi) is 7.02. The zero-order valence-corrected chi connectivity index (χ0v) is 13.7. The summed E-state index contributed by atoms with van der Waals surface area (Å²) in [7, 11) is 1.62. The van der Waals surface area contributed by atoms with E-state index < -0.39 is 0 Å². The number of hydrogen-bond acceptors (Lipinski definition) is 7. The topological polar surface area (TPSA) is 77.0 Å². The van der Waals surface area contributed by atoms with Crippen LogP contribution in [0.15, 0.2) is 12.1 Å². The lowest BCUT2D eigenvalue weighted by Gasteiger charge is -2.35. The van der Waals surface area contributed by atoms with Crippen LogP contribution in [0, 0.1) is 0 Å². The van der Waals surface area contributed by atoms with Gasteiger partial charge in [0.05, 0.1) is 6.61 Å². The molecule has 8 heteroatoms. The van der Waals surface area contributed by atoms with Crippen molar-refractivity contribution < 1.29 is 19.0 Å². The Balaban J connectivity index is 1.79. The van der Waals surface area contributed by atoms with Crippen LogP contribution in [-0.4, -0.2) is 80.7 Å². The van der Waals surface area contributed by atoms with Crippen molar-refractivity contribution in [1.82, 2.24) is 15.1 Å². The van der Waals surface area contributed by atoms with Crippen LogP contribution in [-0.2, 0) is 14.3 Å². The molecule has 1 amide bonds. The number of amides is 1. The smallest absolute Gasteiger partial charge is 0.248 e. The minimum absolute atomic E-state index is 0.0412. The number of ether oxygens (including phenoxy) is 3. The number of hydrogen-bond donors (Lipinski definition) is 0. The van der Waals surface area contributed by atoms with Crippen LogP contribution in [0.3, 0.4) is 0 Å². The number of carbonyl (C=O) groups excluding carboxylic acids is 1. The quantitative estimate of drug-likeness (QED) is 0.632. The van der Waals surface area contributed by atoms with Gasteiger partial charge in [-0.2, -0.15) is 0 Å². The first-order valence-corrected chi connectivity index (χ1v) is 7.80. The summed E-state index contributed by atoms with van der Waals surface area (Å²) < 4.78 is 15.5. The van der Waals surface area contributed by atoms with Gasteiger partial charge in [-0.05, 0) is 13.0 Å². The molecule has 1 fully saturated rings. The van der Waals surface area contributed by atoms with Crippen molar-refractivity contribution >= 4 is 11.7 Å². The average Bonchev–Trinajstić information content (AvgIpc) is 2.61. The number of aromatic nitrogens is 2. The predicted molar refractivity (Wildman–Crippen MR) is 84.7 cm³/mol. The Bertz CT molecular complexity index is 475. The van der Waals surface area contributed by atoms with Gasteiger partial charge in [0, 0.05) is 46.0 Å². The molecule has 2 rings (SSSR count). The summed E-state index contributed by atoms with van der Waals surface area (Å²) >= 11 is 0. The van der Waals surface area contributed by atoms with Crippen LogP contribution in [0.1, 0.15) is 6.92 Å². The third kappa shape index (κ3) is 5.33. The molecule has 1 aliphatic rings. The standard InChI is InChI=1S/C15H24N4O4/c1-3-22-12-15(20)19-8-6-18(7-9-19)13-4-5-14(17-16-13)23-11-10-21-2/h4-5H,3,6-12H2,1-2H3. The molecule has 0 bridgehead atoms. The third-order valence-corrected chi connectivity index (χ3v) is 3.55. The first-order valence-electron chi connectivity index (χ1n) is 7.80. The van der Waals surface area contributed by atoms with Gasteiger partial charge in [0.25, 0.3) is 0 Å². The normalized spacial score (nSPS) is 14.9. The van der Waals surface area contributed by atoms with Crippen LogP contribution in [0.4, 0.5) is 5.82 Å². The summed E-state index contributed by atoms with van der Waals surface area (Å²) in [6.45, 7) is 6.36. The lowest BCUT2D eigenvalue weighted by molar-refractivity contribution is -0.136. The fourth-order valence-corrected chi connectivity index (χ4v) is 2.25. The highest BCUT2D eigenvalue weighted by Gasteiger charge is 2.22. The van der Waals surface area contributed by atoms with Gasteiger partial charge in [-0.3, -0.25) is 4.79 Å². The van der Waals surface area contributed by atoms with Crippen molar-refractivity contribution in [3.05, 3.63) is 12.1 Å². The molecule has 1 aromatic heterocycles. The summed E-state index contributed by atoms with van der Waals surface area (Å²) in [5, 5.41) is 8.23. The number of methoxy groups -OCH3 is 1. The minimum atomic E-state index is 0.0412. The SMILES string of the molecule is CCOCC(=O)N1CCN(c2ccc(OCCOC)nn2)CC1. The Labute approximate surface area is 136 Å². The molecule has 0 spiro atoms. The number of piperazine rings is 1. The molecule has 8 nitrogen and oxygen atoms in total. The molecular formula is C15H24N4O4. The second-order valence-electron chi connectivity index (χ2n) is 5.08. The second-order valence-corrected chi connectivity index (χ2v) is 5.08. The van der Waals surface area contributed by atoms with Crippen molar-refractivity contribution in [3.63, 3.8) is 0 Å². The van der Waals surface area contributed by atoms with Crippen LogP contribution >= 0.6 is 0 Å². The Morgan fingerprint density at radius 2 is 1.96 bits per heavy atom. The van der Waals surface area contributed by atoms with Crippen molar-refractivity contribution in [2.24, 2.45) is 0 Å². The van der Waals surface area contributed by atoms with Gasteiger partial charge in [-0.25, -0.2) is 0 Å². The van der Waals surface area contributed by atoms with E-state index in [2.05, 4.69) is 15.1 Å². The summed E-state index contributed by atoms with van der Waals surface area (Å²) in [5.41, 5.74) is 0. The van der Waals surface area contributed by atoms with Crippen molar-refractivity contribution in [2.75, 3.05) is 64.6 Å². The first-order chi connectivity index (χ1) is 11.2. The summed E-state index contributed by atoms with van der Waals surface area (Å²) in [6, 6.07) is 3.68. The van der Waals surface area contributed by atoms with Gasteiger partial charge in [0.1, 0.15) is 13.2 Å². The highest BCUT2D eigenvalue weighted by Crippen LogP contribution is 2.15. The maximum absolute atomic E-state index is 11.9. The predicted octanol–water partition coefficient (Wildman–Crippen LogP) is 0.187. The molecular weight excluding hydrogens is 300 g/mol. The van der Waals surface area contributed by atoms with Crippen LogP contribution in [0.25, 0.3) is 0 Å². The summed E-state index contributed by atoms with van der Waals surface area (Å²) in [5.74, 6) is 1.32. The second kappa shape index (κ2) is 9.26. The fourth-order valence-electron chi connectivity index (χ4n) is 2.25. The number of carbonyl (C=O) groups is 1. The maximum Gasteiger partial charge on any atom is 0.248 e. The molecule has 1 aromatic rings. The van der Waals surface area contributed by atoms with E-state index in [-0.39, 0.29) is 12.5 Å². The molecule has 1 saturated heterocycles. The number of anilines is 1. The van der Waals surface area contributed by atoms with Gasteiger partial charge in [-0.15, -0.1) is 10.2 Å². The van der Waals surface area contributed by atoms with E-state index in [0.717, 1.165) is 18.9 Å². The van der Waals surface area contributed by atoms with E-state index in [1.165, 1.54) is 0 Å². The van der Waals surface area contributed by atoms with E-state index in [1.54, 1.807) is 13.2 Å². The van der Waals surface area contributed by atoms with Gasteiger partial charge in [0.2, 0.25) is 11.8 Å². The molecule has 0 unspecified atom stereocenters. The molecule has 128 valence electrons. The van der Waals surface area contributed by atoms with Gasteiger partial charge in [0.15, 0.2) is 5.82 Å². The molecule has 1 aliphatic heterocycles. The van der Waals surface area contributed by atoms with E-state index in [1.807, 2.05) is 17.9 Å². The molecule has 0 saturated carbocycles. The molecule has 0 atom stereocenters. The van der Waals surface area contributed by atoms with Gasteiger partial charge >= 0.3 is 0 Å². The number of rotatable bonds is 8. The first kappa shape index (κ1) is 17.4. The fraction of sp³-hybridized carbons (Fsp3) is 0.667. The lowest BCUT2D eigenvalue weighted by atomic mass is 10.3. The maximum atomic E-state index is 11.9. The Hall–Kier alpha value is -1.93. The molecule has 0 aromatic carbocycles. The highest BCUT2D eigenvalue weighted by atomic mass is 16.5. The average molecular weight is 324 g/mol. The van der Waals surface area contributed by atoms with Crippen LogP contribution < -0.4 is 9.64 Å². The van der Waals surface area contributed by atoms with E-state index in [9.17, 15) is 4.79 Å². The highest BCUT2D eigenvalue weighted by molar-refractivity contribution is 5.77. The third-order valence-electron chi connectivity index (χ3n) is 3.55.